The van der Waals surface area contributed by atoms with Crippen molar-refractivity contribution in [1.29, 1.82) is 0 Å². The van der Waals surface area contributed by atoms with Crippen molar-refractivity contribution in [1.82, 2.24) is 19.6 Å². The van der Waals surface area contributed by atoms with Crippen molar-refractivity contribution >= 4 is 11.9 Å². The predicted molar refractivity (Wildman–Crippen MR) is 73.6 cm³/mol. The van der Waals surface area contributed by atoms with Crippen molar-refractivity contribution in [2.45, 2.75) is 19.4 Å². The number of likely N-dealkylation sites (tertiary alicyclic amines) is 1. The van der Waals surface area contributed by atoms with Crippen LogP contribution in [0.2, 0.25) is 0 Å². The number of nitrogens with two attached hydrogens (primary N) is 1. The summed E-state index contributed by atoms with van der Waals surface area (Å²) in [5, 5.41) is 4.09. The molecule has 0 saturated carbocycles. The zero-order valence-electron chi connectivity index (χ0n) is 12.0. The van der Waals surface area contributed by atoms with Gasteiger partial charge in [0, 0.05) is 45.5 Å². The zero-order chi connectivity index (χ0) is 14.7. The number of primary amides is 1. The van der Waals surface area contributed by atoms with E-state index in [-0.39, 0.29) is 11.8 Å². The van der Waals surface area contributed by atoms with Gasteiger partial charge in [0.15, 0.2) is 0 Å². The summed E-state index contributed by atoms with van der Waals surface area (Å²) in [5.41, 5.74) is 6.27. The Morgan fingerprint density at radius 1 is 1.55 bits per heavy atom. The van der Waals surface area contributed by atoms with Crippen molar-refractivity contribution < 1.29 is 9.59 Å². The Kier molecular flexibility index (Phi) is 4.26. The molecule has 2 N–H and O–H groups in total. The monoisotopic (exact) mass is 279 g/mol. The van der Waals surface area contributed by atoms with Crippen molar-refractivity contribution in [3.8, 4) is 0 Å². The first-order valence-electron chi connectivity index (χ1n) is 6.74. The summed E-state index contributed by atoms with van der Waals surface area (Å²) in [7, 11) is 3.62. The molecule has 0 unspecified atom stereocenters. The summed E-state index contributed by atoms with van der Waals surface area (Å²) in [5.74, 6) is -0.0993. The highest BCUT2D eigenvalue weighted by molar-refractivity contribution is 5.80. The van der Waals surface area contributed by atoms with Gasteiger partial charge in [-0.05, 0) is 12.8 Å². The molecule has 0 bridgehead atoms. The number of aryl methyl sites for hydroxylation is 1. The molecule has 0 radical (unpaired) electrons. The third-order valence-electron chi connectivity index (χ3n) is 3.64. The molecule has 3 amide bonds. The van der Waals surface area contributed by atoms with Gasteiger partial charge in [-0.15, -0.1) is 0 Å². The van der Waals surface area contributed by atoms with Gasteiger partial charge in [-0.25, -0.2) is 4.79 Å². The van der Waals surface area contributed by atoms with Crippen LogP contribution < -0.4 is 5.73 Å². The van der Waals surface area contributed by atoms with Gasteiger partial charge in [0.1, 0.15) is 0 Å². The highest BCUT2D eigenvalue weighted by atomic mass is 16.2. The van der Waals surface area contributed by atoms with Crippen LogP contribution in [0.15, 0.2) is 12.4 Å². The molecule has 20 heavy (non-hydrogen) atoms. The van der Waals surface area contributed by atoms with E-state index in [1.54, 1.807) is 27.7 Å². The maximum Gasteiger partial charge on any atom is 0.314 e. The average Bonchev–Trinajstić information content (AvgIpc) is 2.83. The van der Waals surface area contributed by atoms with Gasteiger partial charge >= 0.3 is 6.03 Å². The van der Waals surface area contributed by atoms with Crippen molar-refractivity contribution in [2.75, 3.05) is 20.1 Å². The molecule has 2 heterocycles. The van der Waals surface area contributed by atoms with Crippen LogP contribution in [0.1, 0.15) is 18.4 Å². The summed E-state index contributed by atoms with van der Waals surface area (Å²) in [6.07, 6.45) is 5.26. The normalized spacial score (nSPS) is 18.9. The summed E-state index contributed by atoms with van der Waals surface area (Å²) in [4.78, 5) is 26.8. The van der Waals surface area contributed by atoms with E-state index in [0.717, 1.165) is 18.4 Å². The van der Waals surface area contributed by atoms with Gasteiger partial charge in [0.25, 0.3) is 0 Å². The number of amides is 3. The molecule has 1 fully saturated rings. The molecule has 7 nitrogen and oxygen atoms in total. The van der Waals surface area contributed by atoms with Gasteiger partial charge in [0.05, 0.1) is 12.1 Å². The highest BCUT2D eigenvalue weighted by Crippen LogP contribution is 2.19. The van der Waals surface area contributed by atoms with E-state index >= 15 is 0 Å². The van der Waals surface area contributed by atoms with Crippen LogP contribution in [0.25, 0.3) is 0 Å². The van der Waals surface area contributed by atoms with Gasteiger partial charge in [-0.3, -0.25) is 9.48 Å². The molecule has 0 spiro atoms. The van der Waals surface area contributed by atoms with Crippen LogP contribution in [0, 0.1) is 5.92 Å². The maximum atomic E-state index is 12.4. The van der Waals surface area contributed by atoms with Gasteiger partial charge in [-0.1, -0.05) is 0 Å². The fourth-order valence-electron chi connectivity index (χ4n) is 2.60. The van der Waals surface area contributed by atoms with E-state index in [4.69, 9.17) is 5.73 Å². The quantitative estimate of drug-likeness (QED) is 0.856. The Morgan fingerprint density at radius 3 is 2.90 bits per heavy atom. The van der Waals surface area contributed by atoms with E-state index < -0.39 is 6.03 Å². The standard InChI is InChI=1S/C13H21N5O2/c1-16(7-10-6-15-17(2)8-10)12(19)11-4-3-5-18(9-11)13(14)20/h6,8,11H,3-5,7,9H2,1-2H3,(H2,14,20)/t11-/m0/s1. The zero-order valence-corrected chi connectivity index (χ0v) is 12.0. The Balaban J connectivity index is 1.94. The lowest BCUT2D eigenvalue weighted by Crippen LogP contribution is -2.47. The van der Waals surface area contributed by atoms with E-state index in [9.17, 15) is 9.59 Å². The molecule has 0 aromatic carbocycles. The molecular weight excluding hydrogens is 258 g/mol. The molecule has 1 aliphatic rings. The third kappa shape index (κ3) is 3.28. The first kappa shape index (κ1) is 14.4. The molecule has 2 rings (SSSR count). The Morgan fingerprint density at radius 2 is 2.30 bits per heavy atom. The molecule has 1 aromatic rings. The molecule has 0 aliphatic carbocycles. The summed E-state index contributed by atoms with van der Waals surface area (Å²) in [6, 6.07) is -0.447. The number of rotatable bonds is 3. The fourth-order valence-corrected chi connectivity index (χ4v) is 2.60. The molecule has 1 atom stereocenters. The summed E-state index contributed by atoms with van der Waals surface area (Å²) >= 11 is 0. The summed E-state index contributed by atoms with van der Waals surface area (Å²) in [6.45, 7) is 1.59. The SMILES string of the molecule is CN(Cc1cnn(C)c1)C(=O)[C@H]1CCCN(C(N)=O)C1. The first-order chi connectivity index (χ1) is 9.47. The predicted octanol–water partition coefficient (Wildman–Crippen LogP) is 0.169. The topological polar surface area (TPSA) is 84.5 Å². The number of hydrogen-bond donors (Lipinski definition) is 1. The van der Waals surface area contributed by atoms with Crippen LogP contribution in [0.4, 0.5) is 4.79 Å². The minimum Gasteiger partial charge on any atom is -0.351 e. The van der Waals surface area contributed by atoms with E-state index in [2.05, 4.69) is 5.10 Å². The fraction of sp³-hybridized carbons (Fsp3) is 0.615. The maximum absolute atomic E-state index is 12.4. The second kappa shape index (κ2) is 5.94. The molecule has 1 aliphatic heterocycles. The molecule has 1 saturated heterocycles. The van der Waals surface area contributed by atoms with E-state index in [1.807, 2.05) is 13.2 Å². The number of aromatic nitrogens is 2. The van der Waals surface area contributed by atoms with Crippen LogP contribution in [0.3, 0.4) is 0 Å². The largest absolute Gasteiger partial charge is 0.351 e. The molecule has 110 valence electrons. The Hall–Kier alpha value is -2.05. The lowest BCUT2D eigenvalue weighted by molar-refractivity contribution is -0.136. The van der Waals surface area contributed by atoms with E-state index in [1.165, 1.54) is 0 Å². The smallest absolute Gasteiger partial charge is 0.314 e. The number of carbonyl (C=O) groups is 2. The number of piperidine rings is 1. The Bertz CT molecular complexity index is 499. The van der Waals surface area contributed by atoms with Crippen molar-refractivity contribution in [2.24, 2.45) is 18.7 Å². The lowest BCUT2D eigenvalue weighted by atomic mass is 9.97. The molecule has 7 heteroatoms. The molecule has 1 aromatic heterocycles. The number of carbonyl (C=O) groups excluding carboxylic acids is 2. The summed E-state index contributed by atoms with van der Waals surface area (Å²) < 4.78 is 1.71. The van der Waals surface area contributed by atoms with Gasteiger partial charge in [-0.2, -0.15) is 5.10 Å². The van der Waals surface area contributed by atoms with Gasteiger partial charge in [0.2, 0.25) is 5.91 Å². The third-order valence-corrected chi connectivity index (χ3v) is 3.64. The first-order valence-corrected chi connectivity index (χ1v) is 6.74. The average molecular weight is 279 g/mol. The minimum absolute atomic E-state index is 0.0554. The number of nitrogens with zero attached hydrogens (tertiary/aromatic N) is 4. The lowest BCUT2D eigenvalue weighted by Gasteiger charge is -2.32. The van der Waals surface area contributed by atoms with E-state index in [0.29, 0.717) is 19.6 Å². The Labute approximate surface area is 118 Å². The number of urea groups is 1. The van der Waals surface area contributed by atoms with Crippen molar-refractivity contribution in [3.63, 3.8) is 0 Å². The number of hydrogen-bond acceptors (Lipinski definition) is 3. The highest BCUT2D eigenvalue weighted by Gasteiger charge is 2.29. The second-order valence-electron chi connectivity index (χ2n) is 5.34. The second-order valence-corrected chi connectivity index (χ2v) is 5.34. The van der Waals surface area contributed by atoms with Crippen LogP contribution in [-0.2, 0) is 18.4 Å². The van der Waals surface area contributed by atoms with Crippen LogP contribution in [-0.4, -0.2) is 51.7 Å². The van der Waals surface area contributed by atoms with Crippen molar-refractivity contribution in [3.05, 3.63) is 18.0 Å². The van der Waals surface area contributed by atoms with Gasteiger partial charge < -0.3 is 15.5 Å². The van der Waals surface area contributed by atoms with Crippen LogP contribution >= 0.6 is 0 Å². The molecular formula is C13H21N5O2. The minimum atomic E-state index is -0.447. The van der Waals surface area contributed by atoms with Crippen LogP contribution in [0.5, 0.6) is 0 Å².